The van der Waals surface area contributed by atoms with Crippen LogP contribution in [0.4, 0.5) is 10.1 Å². The molecule has 0 radical (unpaired) electrons. The lowest BCUT2D eigenvalue weighted by Crippen LogP contribution is -2.56. The van der Waals surface area contributed by atoms with Crippen molar-refractivity contribution in [2.24, 2.45) is 5.92 Å². The Morgan fingerprint density at radius 2 is 1.86 bits per heavy atom. The number of imidazole rings is 1. The Kier molecular flexibility index (Phi) is 6.76. The summed E-state index contributed by atoms with van der Waals surface area (Å²) in [4.78, 5) is 22.3. The van der Waals surface area contributed by atoms with E-state index in [9.17, 15) is 13.2 Å². The van der Waals surface area contributed by atoms with Gasteiger partial charge in [-0.3, -0.25) is 9.69 Å². The van der Waals surface area contributed by atoms with E-state index in [2.05, 4.69) is 21.7 Å². The van der Waals surface area contributed by atoms with Crippen molar-refractivity contribution in [1.29, 1.82) is 0 Å². The maximum Gasteiger partial charge on any atom is 0.250 e. The Hall–Kier alpha value is -2.98. The molecule has 1 saturated carbocycles. The highest BCUT2D eigenvalue weighted by Crippen LogP contribution is 2.65. The number of nitrogens with one attached hydrogen (secondary N) is 1. The van der Waals surface area contributed by atoms with Crippen LogP contribution in [0.5, 0.6) is 0 Å². The molecule has 7 nitrogen and oxygen atoms in total. The first-order valence-electron chi connectivity index (χ1n) is 14.6. The van der Waals surface area contributed by atoms with Gasteiger partial charge in [0.2, 0.25) is 5.91 Å². The Labute approximate surface area is 266 Å². The number of hydrogen-bond donors (Lipinski definition) is 1. The van der Waals surface area contributed by atoms with Crippen molar-refractivity contribution in [1.82, 2.24) is 14.5 Å². The number of likely N-dealkylation sites (tertiary alicyclic amines) is 1. The molecule has 3 aliphatic heterocycles. The van der Waals surface area contributed by atoms with Gasteiger partial charge in [-0.05, 0) is 74.1 Å². The molecule has 2 fully saturated rings. The maximum absolute atomic E-state index is 16.3. The van der Waals surface area contributed by atoms with Crippen LogP contribution in [0.15, 0.2) is 59.5 Å². The third-order valence-electron chi connectivity index (χ3n) is 10.2. The van der Waals surface area contributed by atoms with Crippen LogP contribution in [0.3, 0.4) is 0 Å². The molecule has 4 aliphatic rings. The van der Waals surface area contributed by atoms with Crippen LogP contribution < -0.4 is 5.32 Å². The molecule has 4 heterocycles. The smallest absolute Gasteiger partial charge is 0.250 e. The van der Waals surface area contributed by atoms with E-state index in [0.29, 0.717) is 40.7 Å². The molecule has 1 amide bonds. The molecule has 8 rings (SSSR count). The first kappa shape index (κ1) is 29.7. The van der Waals surface area contributed by atoms with Crippen LogP contribution in [0, 0.1) is 11.7 Å². The lowest BCUT2D eigenvalue weighted by molar-refractivity contribution is -0.129. The summed E-state index contributed by atoms with van der Waals surface area (Å²) < 4.78 is 43.2. The largest absolute Gasteiger partial charge is 0.328 e. The van der Waals surface area contributed by atoms with Crippen molar-refractivity contribution in [2.45, 2.75) is 74.5 Å². The molecule has 230 valence electrons. The number of halogens is 3. The summed E-state index contributed by atoms with van der Waals surface area (Å²) in [6.07, 6.45) is 4.04. The zero-order chi connectivity index (χ0) is 30.0. The summed E-state index contributed by atoms with van der Waals surface area (Å²) in [5.41, 5.74) is 1.90. The predicted molar refractivity (Wildman–Crippen MR) is 171 cm³/mol. The topological polar surface area (TPSA) is 84.3 Å². The molecule has 11 heteroatoms. The van der Waals surface area contributed by atoms with Crippen LogP contribution in [0.2, 0.25) is 10.0 Å². The molecule has 0 bridgehead atoms. The molecule has 44 heavy (non-hydrogen) atoms. The number of carbonyl (C=O) groups excluding carboxylic acids is 1. The van der Waals surface area contributed by atoms with Crippen molar-refractivity contribution < 1.29 is 17.6 Å². The number of sulfone groups is 1. The second-order valence-electron chi connectivity index (χ2n) is 12.4. The zero-order valence-corrected chi connectivity index (χ0v) is 25.8. The Balaban J connectivity index is 0.00000312. The van der Waals surface area contributed by atoms with Gasteiger partial charge in [0.25, 0.3) is 0 Å². The minimum atomic E-state index is -3.45. The van der Waals surface area contributed by atoms with Gasteiger partial charge in [-0.1, -0.05) is 48.8 Å². The third-order valence-corrected chi connectivity index (χ3v) is 11.8. The van der Waals surface area contributed by atoms with Crippen molar-refractivity contribution in [2.75, 3.05) is 11.6 Å². The van der Waals surface area contributed by atoms with Crippen molar-refractivity contribution in [3.63, 3.8) is 0 Å². The summed E-state index contributed by atoms with van der Waals surface area (Å²) in [6.45, 7) is 2.82. The van der Waals surface area contributed by atoms with Crippen LogP contribution in [0.25, 0.3) is 11.0 Å². The number of nitrogens with zero attached hydrogens (tertiary/aromatic N) is 3. The second-order valence-corrected chi connectivity index (χ2v) is 15.3. The number of fused-ring (bicyclic) bond motifs is 7. The van der Waals surface area contributed by atoms with E-state index >= 15 is 4.39 Å². The second kappa shape index (κ2) is 10.0. The van der Waals surface area contributed by atoms with Gasteiger partial charge in [0.05, 0.1) is 21.0 Å². The fourth-order valence-corrected chi connectivity index (χ4v) is 9.29. The van der Waals surface area contributed by atoms with Gasteiger partial charge in [-0.15, -0.1) is 0 Å². The molecule has 1 N–H and O–H groups in total. The molecule has 4 aromatic rings. The van der Waals surface area contributed by atoms with E-state index in [1.807, 2.05) is 6.07 Å². The number of aryl methyl sites for hydroxylation is 1. The van der Waals surface area contributed by atoms with Crippen molar-refractivity contribution in [3.8, 4) is 0 Å². The SMILES string of the molecule is C.CC(C1CC1)N1[C@H]2CCn3c(nc4cc(S(C)(=O)=O)ccc43)[C@H]2[C@H](c2cccc(Cl)c2F)[C@]12C(=O)Nc1cc(Cl)ccc12. The summed E-state index contributed by atoms with van der Waals surface area (Å²) in [7, 11) is -3.45. The van der Waals surface area contributed by atoms with Crippen molar-refractivity contribution >= 4 is 55.7 Å². The summed E-state index contributed by atoms with van der Waals surface area (Å²) in [6, 6.07) is 15.4. The Morgan fingerprint density at radius 3 is 2.59 bits per heavy atom. The van der Waals surface area contributed by atoms with Gasteiger partial charge in [0.1, 0.15) is 17.2 Å². The fraction of sp³-hybridized carbons (Fsp3) is 0.394. The summed E-state index contributed by atoms with van der Waals surface area (Å²) in [5, 5.41) is 3.62. The van der Waals surface area contributed by atoms with E-state index in [4.69, 9.17) is 28.2 Å². The van der Waals surface area contributed by atoms with Gasteiger partial charge in [-0.25, -0.2) is 17.8 Å². The Bertz CT molecular complexity index is 1980. The number of benzene rings is 3. The molecule has 1 unspecified atom stereocenters. The lowest BCUT2D eigenvalue weighted by atomic mass is 9.70. The number of hydrogen-bond acceptors (Lipinski definition) is 5. The number of rotatable bonds is 4. The molecule has 1 aromatic heterocycles. The first-order chi connectivity index (χ1) is 20.5. The van der Waals surface area contributed by atoms with E-state index in [0.717, 1.165) is 29.7 Å². The van der Waals surface area contributed by atoms with Gasteiger partial charge in [0.15, 0.2) is 9.84 Å². The molecule has 5 atom stereocenters. The maximum atomic E-state index is 16.3. The minimum Gasteiger partial charge on any atom is -0.328 e. The highest BCUT2D eigenvalue weighted by atomic mass is 35.5. The highest BCUT2D eigenvalue weighted by Gasteiger charge is 2.70. The van der Waals surface area contributed by atoms with E-state index in [1.165, 1.54) is 12.3 Å². The molecule has 1 aliphatic carbocycles. The van der Waals surface area contributed by atoms with Crippen LogP contribution in [-0.4, -0.2) is 47.1 Å². The zero-order valence-electron chi connectivity index (χ0n) is 23.5. The number of anilines is 1. The third kappa shape index (κ3) is 3.98. The minimum absolute atomic E-state index is 0. The molecule has 1 spiro atoms. The summed E-state index contributed by atoms with van der Waals surface area (Å²) in [5.74, 6) is -0.674. The average molecular weight is 656 g/mol. The van der Waals surface area contributed by atoms with Crippen LogP contribution >= 0.6 is 23.2 Å². The lowest BCUT2D eigenvalue weighted by Gasteiger charge is -2.43. The van der Waals surface area contributed by atoms with Gasteiger partial charge in [-0.2, -0.15) is 0 Å². The van der Waals surface area contributed by atoms with E-state index in [-0.39, 0.29) is 41.3 Å². The molecule has 3 aromatic carbocycles. The molecule has 1 saturated heterocycles. The molecular weight excluding hydrogens is 622 g/mol. The number of aromatic nitrogens is 2. The van der Waals surface area contributed by atoms with Gasteiger partial charge in [0, 0.05) is 53.0 Å². The quantitative estimate of drug-likeness (QED) is 0.253. The normalized spacial score (nSPS) is 26.7. The average Bonchev–Trinajstić information content (AvgIpc) is 3.60. The standard InChI is InChI=1S/C32H29Cl2FN4O3S.CH4/c1-16(17-6-7-17)39-26-12-13-38-25-11-9-19(43(2,41)42)15-24(25)36-30(38)27(26)28(20-4-3-5-22(34)29(20)35)32(39)21-10-8-18(33)14-23(21)37-31(32)40;/h3-5,8-11,14-17,26-28H,6-7,12-13H2,1-2H3,(H,37,40);1H4/t16?,26-,27+,28-,32+;/m0./s1. The highest BCUT2D eigenvalue weighted by molar-refractivity contribution is 7.90. The first-order valence-corrected chi connectivity index (χ1v) is 17.2. The van der Waals surface area contributed by atoms with E-state index < -0.39 is 27.1 Å². The van der Waals surface area contributed by atoms with E-state index in [1.54, 1.807) is 42.5 Å². The predicted octanol–water partition coefficient (Wildman–Crippen LogP) is 7.12. The fourth-order valence-electron chi connectivity index (χ4n) is 8.29. The van der Waals surface area contributed by atoms with Crippen molar-refractivity contribution in [3.05, 3.63) is 87.4 Å². The van der Waals surface area contributed by atoms with Crippen LogP contribution in [0.1, 0.15) is 62.4 Å². The van der Waals surface area contributed by atoms with Gasteiger partial charge < -0.3 is 9.88 Å². The summed E-state index contributed by atoms with van der Waals surface area (Å²) >= 11 is 12.8. The number of amides is 1. The monoisotopic (exact) mass is 654 g/mol. The Morgan fingerprint density at radius 1 is 1.09 bits per heavy atom. The molecular formula is C33H33Cl2FN4O3S. The van der Waals surface area contributed by atoms with Gasteiger partial charge >= 0.3 is 0 Å². The van der Waals surface area contributed by atoms with Crippen LogP contribution in [-0.2, 0) is 26.7 Å². The number of carbonyl (C=O) groups is 1.